The highest BCUT2D eigenvalue weighted by Gasteiger charge is 2.19. The summed E-state index contributed by atoms with van der Waals surface area (Å²) in [6.07, 6.45) is 3.33. The molecule has 6 nitrogen and oxygen atoms in total. The van der Waals surface area contributed by atoms with Crippen LogP contribution < -0.4 is 5.32 Å². The van der Waals surface area contributed by atoms with E-state index in [0.29, 0.717) is 28.5 Å². The van der Waals surface area contributed by atoms with Gasteiger partial charge in [0.25, 0.3) is 5.91 Å². The number of hydrogen-bond donors (Lipinski definition) is 2. The zero-order valence-corrected chi connectivity index (χ0v) is 22.5. The van der Waals surface area contributed by atoms with Gasteiger partial charge in [0.2, 0.25) is 0 Å². The van der Waals surface area contributed by atoms with Crippen molar-refractivity contribution in [1.82, 2.24) is 14.9 Å². The lowest BCUT2D eigenvalue weighted by atomic mass is 9.99. The van der Waals surface area contributed by atoms with Crippen LogP contribution in [0.15, 0.2) is 103 Å². The van der Waals surface area contributed by atoms with E-state index in [-0.39, 0.29) is 23.1 Å². The minimum absolute atomic E-state index is 0.162. The molecule has 42 heavy (non-hydrogen) atoms. The van der Waals surface area contributed by atoms with Crippen molar-refractivity contribution in [2.75, 3.05) is 0 Å². The van der Waals surface area contributed by atoms with E-state index in [4.69, 9.17) is 0 Å². The van der Waals surface area contributed by atoms with E-state index in [1.54, 1.807) is 36.4 Å². The number of carboxylic acid groups (broad SMARTS) is 1. The van der Waals surface area contributed by atoms with Gasteiger partial charge >= 0.3 is 5.97 Å². The molecule has 6 rings (SSSR count). The van der Waals surface area contributed by atoms with Crippen LogP contribution >= 0.6 is 0 Å². The molecule has 2 N–H and O–H groups in total. The Morgan fingerprint density at radius 3 is 2.40 bits per heavy atom. The van der Waals surface area contributed by atoms with Crippen LogP contribution in [0.1, 0.15) is 44.8 Å². The Bertz CT molecular complexity index is 1970. The molecule has 4 aromatic carbocycles. The highest BCUT2D eigenvalue weighted by molar-refractivity contribution is 6.08. The molecule has 1 atom stereocenters. The first-order valence-corrected chi connectivity index (χ1v) is 13.3. The predicted octanol–water partition coefficient (Wildman–Crippen LogP) is 7.37. The first kappa shape index (κ1) is 26.8. The number of aromatic carboxylic acids is 1. The van der Waals surface area contributed by atoms with E-state index in [9.17, 15) is 23.5 Å². The molecule has 0 aliphatic rings. The number of amides is 1. The van der Waals surface area contributed by atoms with Crippen LogP contribution in [0, 0.1) is 11.6 Å². The number of fused-ring (bicyclic) bond motifs is 2. The summed E-state index contributed by atoms with van der Waals surface area (Å²) in [7, 11) is 0. The number of nitrogens with one attached hydrogen (secondary N) is 1. The average Bonchev–Trinajstić information content (AvgIpc) is 3.39. The fourth-order valence-corrected chi connectivity index (χ4v) is 5.19. The average molecular weight is 562 g/mol. The van der Waals surface area contributed by atoms with Gasteiger partial charge in [-0.2, -0.15) is 0 Å². The van der Waals surface area contributed by atoms with Crippen molar-refractivity contribution in [1.29, 1.82) is 0 Å². The number of nitrogens with zero attached hydrogens (tertiary/aromatic N) is 2. The van der Waals surface area contributed by atoms with E-state index in [0.717, 1.165) is 27.6 Å². The first-order chi connectivity index (χ1) is 20.3. The van der Waals surface area contributed by atoms with Gasteiger partial charge in [-0.3, -0.25) is 9.78 Å². The largest absolute Gasteiger partial charge is 0.478 e. The molecular formula is C34H25F2N3O3. The SMILES string of the molecule is C[C@H](NC(=O)c1cc(-c2ccc(F)cc2)cc2ccn(Cc3ccc4c(F)ccnc4c3)c12)c1ccc(C(=O)O)cc1. The van der Waals surface area contributed by atoms with E-state index < -0.39 is 12.0 Å². The summed E-state index contributed by atoms with van der Waals surface area (Å²) >= 11 is 0. The Kier molecular flexibility index (Phi) is 6.96. The third kappa shape index (κ3) is 5.22. The lowest BCUT2D eigenvalue weighted by Gasteiger charge is -2.17. The number of benzene rings is 4. The van der Waals surface area contributed by atoms with Crippen molar-refractivity contribution in [3.63, 3.8) is 0 Å². The molecule has 8 heteroatoms. The second kappa shape index (κ2) is 10.9. The van der Waals surface area contributed by atoms with E-state index >= 15 is 0 Å². The first-order valence-electron chi connectivity index (χ1n) is 13.3. The van der Waals surface area contributed by atoms with Crippen molar-refractivity contribution in [2.45, 2.75) is 19.5 Å². The maximum absolute atomic E-state index is 14.2. The fraction of sp³-hybridized carbons (Fsp3) is 0.0882. The van der Waals surface area contributed by atoms with Gasteiger partial charge in [0, 0.05) is 29.7 Å². The lowest BCUT2D eigenvalue weighted by molar-refractivity contribution is 0.0696. The Morgan fingerprint density at radius 1 is 0.905 bits per heavy atom. The maximum atomic E-state index is 14.2. The van der Waals surface area contributed by atoms with Crippen LogP contribution in [-0.4, -0.2) is 26.5 Å². The molecule has 0 saturated heterocycles. The van der Waals surface area contributed by atoms with Crippen molar-refractivity contribution < 1.29 is 23.5 Å². The van der Waals surface area contributed by atoms with Gasteiger partial charge in [-0.05, 0) is 89.8 Å². The van der Waals surface area contributed by atoms with Crippen molar-refractivity contribution >= 4 is 33.7 Å². The monoisotopic (exact) mass is 561 g/mol. The second-order valence-electron chi connectivity index (χ2n) is 10.2. The molecule has 0 spiro atoms. The summed E-state index contributed by atoms with van der Waals surface area (Å²) in [5.41, 5.74) is 5.01. The molecule has 6 aromatic rings. The van der Waals surface area contributed by atoms with Crippen LogP contribution in [0.5, 0.6) is 0 Å². The molecular weight excluding hydrogens is 536 g/mol. The Morgan fingerprint density at radius 2 is 1.67 bits per heavy atom. The fourth-order valence-electron chi connectivity index (χ4n) is 5.19. The number of aromatic nitrogens is 2. The minimum Gasteiger partial charge on any atom is -0.478 e. The topological polar surface area (TPSA) is 84.2 Å². The van der Waals surface area contributed by atoms with Crippen molar-refractivity contribution in [3.05, 3.63) is 137 Å². The van der Waals surface area contributed by atoms with Gasteiger partial charge in [0.15, 0.2) is 0 Å². The summed E-state index contributed by atoms with van der Waals surface area (Å²) in [4.78, 5) is 29.4. The summed E-state index contributed by atoms with van der Waals surface area (Å²) < 4.78 is 29.8. The standard InChI is InChI=1S/C34H25F2N3O3/c1-20(22-3-5-24(6-4-22)34(41)42)38-33(40)29-18-26(23-7-9-27(35)10-8-23)17-25-13-15-39(32(25)29)19-21-2-11-28-30(36)12-14-37-31(28)16-21/h2-18,20H,19H2,1H3,(H,38,40)(H,41,42)/t20-/m0/s1. The number of carbonyl (C=O) groups excluding carboxylic acids is 1. The quantitative estimate of drug-likeness (QED) is 0.213. The summed E-state index contributed by atoms with van der Waals surface area (Å²) in [6, 6.07) is 24.4. The van der Waals surface area contributed by atoms with Crippen LogP contribution in [-0.2, 0) is 6.54 Å². The molecule has 0 aliphatic carbocycles. The smallest absolute Gasteiger partial charge is 0.335 e. The number of halogens is 2. The number of rotatable bonds is 7. The van der Waals surface area contributed by atoms with E-state index in [1.807, 2.05) is 42.0 Å². The zero-order valence-electron chi connectivity index (χ0n) is 22.5. The Labute approximate surface area is 239 Å². The van der Waals surface area contributed by atoms with Crippen LogP contribution in [0.25, 0.3) is 32.9 Å². The van der Waals surface area contributed by atoms with Gasteiger partial charge in [0.1, 0.15) is 11.6 Å². The molecule has 0 unspecified atom stereocenters. The second-order valence-corrected chi connectivity index (χ2v) is 10.2. The highest BCUT2D eigenvalue weighted by atomic mass is 19.1. The van der Waals surface area contributed by atoms with E-state index in [1.165, 1.54) is 36.5 Å². The molecule has 208 valence electrons. The molecule has 0 fully saturated rings. The predicted molar refractivity (Wildman–Crippen MR) is 157 cm³/mol. The minimum atomic E-state index is -1.02. The maximum Gasteiger partial charge on any atom is 0.335 e. The van der Waals surface area contributed by atoms with Crippen molar-refractivity contribution in [3.8, 4) is 11.1 Å². The lowest BCUT2D eigenvalue weighted by Crippen LogP contribution is -2.27. The Hall–Kier alpha value is -5.37. The van der Waals surface area contributed by atoms with Gasteiger partial charge in [-0.15, -0.1) is 0 Å². The summed E-state index contributed by atoms with van der Waals surface area (Å²) in [6.45, 7) is 2.25. The van der Waals surface area contributed by atoms with Crippen LogP contribution in [0.4, 0.5) is 8.78 Å². The van der Waals surface area contributed by atoms with Gasteiger partial charge < -0.3 is 15.0 Å². The highest BCUT2D eigenvalue weighted by Crippen LogP contribution is 2.30. The molecule has 2 aromatic heterocycles. The van der Waals surface area contributed by atoms with Crippen LogP contribution in [0.2, 0.25) is 0 Å². The third-order valence-corrected chi connectivity index (χ3v) is 7.39. The number of hydrogen-bond acceptors (Lipinski definition) is 3. The summed E-state index contributed by atoms with van der Waals surface area (Å²) in [5.74, 6) is -2.03. The number of pyridine rings is 1. The normalized spacial score (nSPS) is 12.0. The molecule has 0 radical (unpaired) electrons. The van der Waals surface area contributed by atoms with Crippen LogP contribution in [0.3, 0.4) is 0 Å². The third-order valence-electron chi connectivity index (χ3n) is 7.39. The van der Waals surface area contributed by atoms with Crippen molar-refractivity contribution in [2.24, 2.45) is 0 Å². The number of carboxylic acids is 1. The molecule has 0 aliphatic heterocycles. The number of carbonyl (C=O) groups is 2. The molecule has 2 heterocycles. The van der Waals surface area contributed by atoms with Gasteiger partial charge in [-0.25, -0.2) is 13.6 Å². The molecule has 0 saturated carbocycles. The van der Waals surface area contributed by atoms with E-state index in [2.05, 4.69) is 10.3 Å². The van der Waals surface area contributed by atoms with Gasteiger partial charge in [-0.1, -0.05) is 30.3 Å². The van der Waals surface area contributed by atoms with Gasteiger partial charge in [0.05, 0.1) is 28.2 Å². The Balaban J connectivity index is 1.40. The molecule has 0 bridgehead atoms. The summed E-state index contributed by atoms with van der Waals surface area (Å²) in [5, 5.41) is 13.5. The zero-order chi connectivity index (χ0) is 29.4. The molecule has 1 amide bonds.